The lowest BCUT2D eigenvalue weighted by molar-refractivity contribution is -0.119. The van der Waals surface area contributed by atoms with Crippen molar-refractivity contribution in [2.24, 2.45) is 0 Å². The van der Waals surface area contributed by atoms with Gasteiger partial charge in [0, 0.05) is 18.2 Å². The lowest BCUT2D eigenvalue weighted by Crippen LogP contribution is -2.33. The molecule has 1 fully saturated rings. The van der Waals surface area contributed by atoms with E-state index in [4.69, 9.17) is 4.74 Å². The van der Waals surface area contributed by atoms with Crippen molar-refractivity contribution in [3.63, 3.8) is 0 Å². The Morgan fingerprint density at radius 2 is 1.84 bits per heavy atom. The van der Waals surface area contributed by atoms with Crippen LogP contribution in [0.3, 0.4) is 0 Å². The Morgan fingerprint density at radius 3 is 2.55 bits per heavy atom. The van der Waals surface area contributed by atoms with E-state index in [1.807, 2.05) is 54.0 Å². The number of nitrogens with one attached hydrogen (secondary N) is 1. The molecule has 7 heteroatoms. The first-order valence-electron chi connectivity index (χ1n) is 10.9. The first-order chi connectivity index (χ1) is 15.2. The second kappa shape index (κ2) is 10.5. The molecular weight excluding hydrogens is 408 g/mol. The van der Waals surface area contributed by atoms with Crippen molar-refractivity contribution in [2.75, 3.05) is 12.4 Å². The van der Waals surface area contributed by atoms with Gasteiger partial charge in [0.05, 0.1) is 12.4 Å². The van der Waals surface area contributed by atoms with Gasteiger partial charge in [0.15, 0.2) is 5.16 Å². The number of amides is 1. The molecule has 6 nitrogen and oxygen atoms in total. The molecule has 0 bridgehead atoms. The van der Waals surface area contributed by atoms with E-state index in [1.54, 1.807) is 0 Å². The molecular formula is C24H28N4O2S. The molecule has 31 heavy (non-hydrogen) atoms. The molecule has 0 unspecified atom stereocenters. The van der Waals surface area contributed by atoms with E-state index in [9.17, 15) is 4.79 Å². The molecule has 0 aliphatic heterocycles. The Balaban J connectivity index is 1.54. The van der Waals surface area contributed by atoms with Gasteiger partial charge in [-0.1, -0.05) is 54.9 Å². The summed E-state index contributed by atoms with van der Waals surface area (Å²) in [5, 5.41) is 12.7. The van der Waals surface area contributed by atoms with Crippen LogP contribution in [0.15, 0.2) is 59.8 Å². The van der Waals surface area contributed by atoms with E-state index < -0.39 is 0 Å². The van der Waals surface area contributed by atoms with Gasteiger partial charge in [-0.3, -0.25) is 9.36 Å². The average molecular weight is 437 g/mol. The molecule has 3 aromatic rings. The minimum absolute atomic E-state index is 0.0581. The van der Waals surface area contributed by atoms with Gasteiger partial charge in [0.1, 0.15) is 11.6 Å². The fraction of sp³-hybridized carbons (Fsp3) is 0.375. The van der Waals surface area contributed by atoms with E-state index in [-0.39, 0.29) is 5.91 Å². The fourth-order valence-corrected chi connectivity index (χ4v) is 4.66. The van der Waals surface area contributed by atoms with Crippen LogP contribution in [0.25, 0.3) is 5.69 Å². The molecule has 0 radical (unpaired) electrons. The molecule has 1 heterocycles. The zero-order valence-corrected chi connectivity index (χ0v) is 18.6. The second-order valence-electron chi connectivity index (χ2n) is 7.66. The van der Waals surface area contributed by atoms with Crippen LogP contribution in [0.5, 0.6) is 5.75 Å². The van der Waals surface area contributed by atoms with Gasteiger partial charge >= 0.3 is 0 Å². The number of ether oxygens (including phenoxy) is 1. The van der Waals surface area contributed by atoms with Crippen LogP contribution < -0.4 is 10.1 Å². The van der Waals surface area contributed by atoms with Crippen molar-refractivity contribution in [3.8, 4) is 11.4 Å². The molecule has 0 saturated heterocycles. The Morgan fingerprint density at radius 1 is 1.10 bits per heavy atom. The minimum atomic E-state index is 0.0581. The zero-order valence-electron chi connectivity index (χ0n) is 17.8. The number of aromatic nitrogens is 3. The van der Waals surface area contributed by atoms with E-state index >= 15 is 0 Å². The van der Waals surface area contributed by atoms with Crippen molar-refractivity contribution >= 4 is 17.7 Å². The first kappa shape index (κ1) is 21.4. The fourth-order valence-electron chi connectivity index (χ4n) is 3.87. The predicted octanol–water partition coefficient (Wildman–Crippen LogP) is 4.41. The highest BCUT2D eigenvalue weighted by molar-refractivity contribution is 7.99. The van der Waals surface area contributed by atoms with Gasteiger partial charge < -0.3 is 10.1 Å². The van der Waals surface area contributed by atoms with E-state index in [2.05, 4.69) is 27.6 Å². The molecule has 0 spiro atoms. The summed E-state index contributed by atoms with van der Waals surface area (Å²) in [7, 11) is 0. The molecule has 4 rings (SSSR count). The standard InChI is InChI=1S/C24H28N4O2S/c1-2-30-21-14-12-20(13-15-21)28-22(16-18-8-4-3-5-9-18)26-27-24(28)31-17-23(29)25-19-10-6-7-11-19/h3-5,8-9,12-15,19H,2,6-7,10-11,16-17H2,1H3,(H,25,29). The van der Waals surface area contributed by atoms with E-state index in [0.717, 1.165) is 40.8 Å². The van der Waals surface area contributed by atoms with Crippen LogP contribution in [0.4, 0.5) is 0 Å². The van der Waals surface area contributed by atoms with Crippen molar-refractivity contribution in [1.29, 1.82) is 0 Å². The van der Waals surface area contributed by atoms with Gasteiger partial charge in [-0.05, 0) is 49.6 Å². The highest BCUT2D eigenvalue weighted by Gasteiger charge is 2.19. The van der Waals surface area contributed by atoms with Gasteiger partial charge in [0.25, 0.3) is 0 Å². The summed E-state index contributed by atoms with van der Waals surface area (Å²) in [5.74, 6) is 2.06. The van der Waals surface area contributed by atoms with Gasteiger partial charge in [-0.15, -0.1) is 10.2 Å². The number of benzene rings is 2. The zero-order chi connectivity index (χ0) is 21.5. The Hall–Kier alpha value is -2.80. The highest BCUT2D eigenvalue weighted by Crippen LogP contribution is 2.25. The quantitative estimate of drug-likeness (QED) is 0.503. The monoisotopic (exact) mass is 436 g/mol. The van der Waals surface area contributed by atoms with Crippen LogP contribution >= 0.6 is 11.8 Å². The van der Waals surface area contributed by atoms with Gasteiger partial charge in [0.2, 0.25) is 5.91 Å². The van der Waals surface area contributed by atoms with Gasteiger partial charge in [-0.2, -0.15) is 0 Å². The number of hydrogen-bond acceptors (Lipinski definition) is 5. The molecule has 1 saturated carbocycles. The summed E-state index contributed by atoms with van der Waals surface area (Å²) in [6, 6.07) is 18.5. The maximum absolute atomic E-state index is 12.4. The Bertz CT molecular complexity index is 983. The third-order valence-electron chi connectivity index (χ3n) is 5.36. The predicted molar refractivity (Wildman–Crippen MR) is 123 cm³/mol. The number of rotatable bonds is 9. The summed E-state index contributed by atoms with van der Waals surface area (Å²) in [6.07, 6.45) is 5.23. The first-order valence-corrected chi connectivity index (χ1v) is 11.8. The summed E-state index contributed by atoms with van der Waals surface area (Å²) in [4.78, 5) is 12.4. The van der Waals surface area contributed by atoms with Crippen molar-refractivity contribution in [3.05, 3.63) is 66.0 Å². The van der Waals surface area contributed by atoms with Crippen LogP contribution in [-0.4, -0.2) is 39.1 Å². The second-order valence-corrected chi connectivity index (χ2v) is 8.60. The van der Waals surface area contributed by atoms with Crippen molar-refractivity contribution < 1.29 is 9.53 Å². The average Bonchev–Trinajstić information content (AvgIpc) is 3.44. The number of carbonyl (C=O) groups is 1. The molecule has 1 amide bonds. The minimum Gasteiger partial charge on any atom is -0.494 e. The maximum Gasteiger partial charge on any atom is 0.230 e. The molecule has 1 aliphatic rings. The number of nitrogens with zero attached hydrogens (tertiary/aromatic N) is 3. The molecule has 162 valence electrons. The summed E-state index contributed by atoms with van der Waals surface area (Å²) >= 11 is 1.43. The third kappa shape index (κ3) is 5.67. The lowest BCUT2D eigenvalue weighted by atomic mass is 10.1. The van der Waals surface area contributed by atoms with Crippen LogP contribution in [0.1, 0.15) is 44.0 Å². The number of hydrogen-bond donors (Lipinski definition) is 1. The van der Waals surface area contributed by atoms with Crippen LogP contribution in [0.2, 0.25) is 0 Å². The van der Waals surface area contributed by atoms with Gasteiger partial charge in [-0.25, -0.2) is 0 Å². The summed E-state index contributed by atoms with van der Waals surface area (Å²) < 4.78 is 7.62. The van der Waals surface area contributed by atoms with Crippen molar-refractivity contribution in [1.82, 2.24) is 20.1 Å². The smallest absolute Gasteiger partial charge is 0.230 e. The molecule has 0 atom stereocenters. The SMILES string of the molecule is CCOc1ccc(-n2c(Cc3ccccc3)nnc2SCC(=O)NC2CCCC2)cc1. The number of carbonyl (C=O) groups excluding carboxylic acids is 1. The topological polar surface area (TPSA) is 69.0 Å². The Kier molecular flexibility index (Phi) is 7.25. The maximum atomic E-state index is 12.4. The molecule has 2 aromatic carbocycles. The van der Waals surface area contributed by atoms with Crippen LogP contribution in [-0.2, 0) is 11.2 Å². The summed E-state index contributed by atoms with van der Waals surface area (Å²) in [6.45, 7) is 2.60. The number of thioether (sulfide) groups is 1. The molecule has 1 aromatic heterocycles. The molecule has 1 N–H and O–H groups in total. The lowest BCUT2D eigenvalue weighted by Gasteiger charge is -2.13. The largest absolute Gasteiger partial charge is 0.494 e. The molecule has 1 aliphatic carbocycles. The normalized spacial score (nSPS) is 14.0. The van der Waals surface area contributed by atoms with E-state index in [1.165, 1.54) is 24.6 Å². The third-order valence-corrected chi connectivity index (χ3v) is 6.29. The van der Waals surface area contributed by atoms with Crippen LogP contribution in [0, 0.1) is 0 Å². The van der Waals surface area contributed by atoms with Crippen molar-refractivity contribution in [2.45, 2.75) is 50.2 Å². The Labute approximate surface area is 187 Å². The summed E-state index contributed by atoms with van der Waals surface area (Å²) in [5.41, 5.74) is 2.12. The highest BCUT2D eigenvalue weighted by atomic mass is 32.2. The van der Waals surface area contributed by atoms with E-state index in [0.29, 0.717) is 24.8 Å².